The molecule has 0 bridgehead atoms. The van der Waals surface area contributed by atoms with Crippen LogP contribution in [-0.4, -0.2) is 53.0 Å². The van der Waals surface area contributed by atoms with E-state index in [1.54, 1.807) is 19.1 Å². The van der Waals surface area contributed by atoms with E-state index in [2.05, 4.69) is 25.8 Å². The number of carbonyl (C=O) groups excluding carboxylic acids is 1. The summed E-state index contributed by atoms with van der Waals surface area (Å²) in [6, 6.07) is 5.98. The summed E-state index contributed by atoms with van der Waals surface area (Å²) >= 11 is 0. The molecule has 1 fully saturated rings. The molecule has 1 aromatic carbocycles. The molecule has 1 amide bonds. The number of hydrogen-bond acceptors (Lipinski definition) is 3. The van der Waals surface area contributed by atoms with Gasteiger partial charge in [0.15, 0.2) is 0 Å². The number of phenols is 1. The fraction of sp³-hybridized carbons (Fsp3) is 0.533. The highest BCUT2D eigenvalue weighted by Crippen LogP contribution is 2.24. The number of amides is 1. The number of benzene rings is 1. The minimum atomic E-state index is -0.0759. The van der Waals surface area contributed by atoms with Crippen molar-refractivity contribution in [2.75, 3.05) is 20.1 Å². The van der Waals surface area contributed by atoms with Gasteiger partial charge in [0.1, 0.15) is 5.75 Å². The van der Waals surface area contributed by atoms with Gasteiger partial charge in [-0.05, 0) is 39.4 Å². The van der Waals surface area contributed by atoms with E-state index < -0.39 is 0 Å². The van der Waals surface area contributed by atoms with Gasteiger partial charge in [0, 0.05) is 25.2 Å². The Morgan fingerprint density at radius 2 is 1.84 bits per heavy atom. The number of phenolic OH excluding ortho intramolecular Hbond substituents is 1. The first kappa shape index (κ1) is 13.9. The maximum absolute atomic E-state index is 12.5. The van der Waals surface area contributed by atoms with E-state index in [1.165, 1.54) is 0 Å². The quantitative estimate of drug-likeness (QED) is 0.840. The van der Waals surface area contributed by atoms with Gasteiger partial charge in [0.05, 0.1) is 5.56 Å². The molecule has 0 radical (unpaired) electrons. The first-order valence-corrected chi connectivity index (χ1v) is 6.71. The van der Waals surface area contributed by atoms with Crippen molar-refractivity contribution in [1.29, 1.82) is 0 Å². The van der Waals surface area contributed by atoms with E-state index >= 15 is 0 Å². The van der Waals surface area contributed by atoms with Crippen LogP contribution in [0.1, 0.15) is 29.8 Å². The Kier molecular flexibility index (Phi) is 3.80. The summed E-state index contributed by atoms with van der Waals surface area (Å²) in [5.41, 5.74) is 1.14. The molecule has 1 aliphatic heterocycles. The third kappa shape index (κ3) is 2.59. The lowest BCUT2D eigenvalue weighted by atomic mass is 10.1. The van der Waals surface area contributed by atoms with Crippen LogP contribution in [0, 0.1) is 6.92 Å². The Balaban J connectivity index is 2.23. The summed E-state index contributed by atoms with van der Waals surface area (Å²) in [7, 11) is 2.08. The zero-order valence-corrected chi connectivity index (χ0v) is 12.1. The molecule has 1 N–H and O–H groups in total. The van der Waals surface area contributed by atoms with Crippen LogP contribution in [0.25, 0.3) is 0 Å². The van der Waals surface area contributed by atoms with Crippen molar-refractivity contribution < 1.29 is 9.90 Å². The van der Waals surface area contributed by atoms with Gasteiger partial charge in [0.25, 0.3) is 5.91 Å². The molecule has 1 aliphatic rings. The van der Waals surface area contributed by atoms with Crippen LogP contribution in [0.2, 0.25) is 0 Å². The third-order valence-electron chi connectivity index (χ3n) is 4.12. The molecule has 19 heavy (non-hydrogen) atoms. The molecular weight excluding hydrogens is 240 g/mol. The molecule has 1 heterocycles. The normalized spacial score (nSPS) is 24.5. The van der Waals surface area contributed by atoms with Gasteiger partial charge < -0.3 is 10.0 Å². The van der Waals surface area contributed by atoms with Crippen LogP contribution in [0.3, 0.4) is 0 Å². The lowest BCUT2D eigenvalue weighted by Crippen LogP contribution is -2.56. The van der Waals surface area contributed by atoms with E-state index in [0.717, 1.165) is 5.56 Å². The zero-order valence-electron chi connectivity index (χ0n) is 12.1. The summed E-state index contributed by atoms with van der Waals surface area (Å²) in [5, 5.41) is 10.0. The van der Waals surface area contributed by atoms with Crippen molar-refractivity contribution in [3.63, 3.8) is 0 Å². The van der Waals surface area contributed by atoms with E-state index in [9.17, 15) is 9.90 Å². The summed E-state index contributed by atoms with van der Waals surface area (Å²) in [6.07, 6.45) is 0. The molecule has 2 atom stereocenters. The van der Waals surface area contributed by atoms with Gasteiger partial charge >= 0.3 is 0 Å². The average molecular weight is 262 g/mol. The minimum absolute atomic E-state index is 0.0759. The van der Waals surface area contributed by atoms with Crippen molar-refractivity contribution in [2.45, 2.75) is 32.9 Å². The Morgan fingerprint density at radius 3 is 2.42 bits per heavy atom. The fourth-order valence-electron chi connectivity index (χ4n) is 2.57. The van der Waals surface area contributed by atoms with E-state index in [4.69, 9.17) is 0 Å². The second-order valence-corrected chi connectivity index (χ2v) is 5.54. The number of likely N-dealkylation sites (N-methyl/N-ethyl adjacent to an activating group) is 1. The van der Waals surface area contributed by atoms with E-state index in [0.29, 0.717) is 30.7 Å². The Bertz CT molecular complexity index is 475. The highest BCUT2D eigenvalue weighted by Gasteiger charge is 2.30. The summed E-state index contributed by atoms with van der Waals surface area (Å²) in [6.45, 7) is 7.44. The number of para-hydroxylation sites is 1. The number of nitrogens with zero attached hydrogens (tertiary/aromatic N) is 2. The van der Waals surface area contributed by atoms with Gasteiger partial charge in [-0.25, -0.2) is 0 Å². The van der Waals surface area contributed by atoms with Crippen LogP contribution >= 0.6 is 0 Å². The SMILES string of the molecule is Cc1cccc(C(=O)N2CC(C)N(C)C(C)C2)c1O. The first-order valence-electron chi connectivity index (χ1n) is 6.71. The lowest BCUT2D eigenvalue weighted by molar-refractivity contribution is 0.0412. The Labute approximate surface area is 114 Å². The molecule has 1 aromatic rings. The lowest BCUT2D eigenvalue weighted by Gasteiger charge is -2.42. The van der Waals surface area contributed by atoms with Crippen molar-refractivity contribution in [1.82, 2.24) is 9.80 Å². The Morgan fingerprint density at radius 1 is 1.26 bits per heavy atom. The molecule has 0 aliphatic carbocycles. The smallest absolute Gasteiger partial charge is 0.257 e. The molecule has 2 rings (SSSR count). The monoisotopic (exact) mass is 262 g/mol. The molecule has 1 saturated heterocycles. The number of aryl methyl sites for hydroxylation is 1. The van der Waals surface area contributed by atoms with E-state index in [-0.39, 0.29) is 11.7 Å². The van der Waals surface area contributed by atoms with Gasteiger partial charge in [-0.1, -0.05) is 12.1 Å². The number of aromatic hydroxyl groups is 1. The third-order valence-corrected chi connectivity index (χ3v) is 4.12. The maximum Gasteiger partial charge on any atom is 0.257 e. The topological polar surface area (TPSA) is 43.8 Å². The van der Waals surface area contributed by atoms with Crippen molar-refractivity contribution in [3.05, 3.63) is 29.3 Å². The molecule has 104 valence electrons. The molecule has 4 heteroatoms. The van der Waals surface area contributed by atoms with Crippen LogP contribution in [0.15, 0.2) is 18.2 Å². The van der Waals surface area contributed by atoms with Crippen LogP contribution in [0.4, 0.5) is 0 Å². The highest BCUT2D eigenvalue weighted by molar-refractivity contribution is 5.97. The predicted molar refractivity (Wildman–Crippen MR) is 75.4 cm³/mol. The minimum Gasteiger partial charge on any atom is -0.507 e. The zero-order chi connectivity index (χ0) is 14.2. The van der Waals surface area contributed by atoms with Gasteiger partial charge in [-0.2, -0.15) is 0 Å². The summed E-state index contributed by atoms with van der Waals surface area (Å²) < 4.78 is 0. The molecule has 4 nitrogen and oxygen atoms in total. The second kappa shape index (κ2) is 5.21. The number of carbonyl (C=O) groups is 1. The maximum atomic E-state index is 12.5. The summed E-state index contributed by atoms with van der Waals surface area (Å²) in [4.78, 5) is 16.6. The van der Waals surface area contributed by atoms with Crippen molar-refractivity contribution in [2.24, 2.45) is 0 Å². The number of piperazine rings is 1. The second-order valence-electron chi connectivity index (χ2n) is 5.54. The molecule has 0 saturated carbocycles. The molecule has 0 spiro atoms. The first-order chi connectivity index (χ1) is 8.91. The van der Waals surface area contributed by atoms with Gasteiger partial charge in [-0.15, -0.1) is 0 Å². The molecular formula is C15H22N2O2. The van der Waals surface area contributed by atoms with Crippen LogP contribution in [0.5, 0.6) is 5.75 Å². The predicted octanol–water partition coefficient (Wildman–Crippen LogP) is 1.87. The number of hydrogen-bond donors (Lipinski definition) is 1. The van der Waals surface area contributed by atoms with E-state index in [1.807, 2.05) is 11.0 Å². The fourth-order valence-corrected chi connectivity index (χ4v) is 2.57. The Hall–Kier alpha value is -1.55. The average Bonchev–Trinajstić information content (AvgIpc) is 2.38. The molecule has 2 unspecified atom stereocenters. The highest BCUT2D eigenvalue weighted by atomic mass is 16.3. The van der Waals surface area contributed by atoms with Gasteiger partial charge in [-0.3, -0.25) is 9.69 Å². The van der Waals surface area contributed by atoms with Crippen LogP contribution < -0.4 is 0 Å². The summed E-state index contributed by atoms with van der Waals surface area (Å²) in [5.74, 6) is 0.0275. The van der Waals surface area contributed by atoms with Crippen molar-refractivity contribution in [3.8, 4) is 5.75 Å². The van der Waals surface area contributed by atoms with Crippen molar-refractivity contribution >= 4 is 5.91 Å². The van der Waals surface area contributed by atoms with Gasteiger partial charge in [0.2, 0.25) is 0 Å². The largest absolute Gasteiger partial charge is 0.507 e. The van der Waals surface area contributed by atoms with Crippen LogP contribution in [-0.2, 0) is 0 Å². The molecule has 0 aromatic heterocycles. The number of rotatable bonds is 1. The standard InChI is InChI=1S/C15H22N2O2/c1-10-6-5-7-13(14(10)18)15(19)17-8-11(2)16(4)12(3)9-17/h5-7,11-12,18H,8-9H2,1-4H3.